The minimum absolute atomic E-state index is 0.0513. The largest absolute Gasteiger partial charge is 0.493 e. The van der Waals surface area contributed by atoms with Crippen LogP contribution in [0.1, 0.15) is 15.9 Å². The van der Waals surface area contributed by atoms with E-state index in [4.69, 9.17) is 4.74 Å². The predicted octanol–water partition coefficient (Wildman–Crippen LogP) is 3.99. The fourth-order valence-electron chi connectivity index (χ4n) is 1.93. The summed E-state index contributed by atoms with van der Waals surface area (Å²) in [4.78, 5) is 12.1. The van der Waals surface area contributed by atoms with E-state index in [1.165, 1.54) is 13.2 Å². The number of hydrogen-bond acceptors (Lipinski definition) is 3. The predicted molar refractivity (Wildman–Crippen MR) is 84.9 cm³/mol. The van der Waals surface area contributed by atoms with E-state index in [0.29, 0.717) is 11.1 Å². The Balaban J connectivity index is 2.04. The lowest BCUT2D eigenvalue weighted by atomic mass is 10.1. The van der Waals surface area contributed by atoms with Gasteiger partial charge >= 0.3 is 6.61 Å². The Hall–Kier alpha value is -2.15. The van der Waals surface area contributed by atoms with Gasteiger partial charge in [0.1, 0.15) is 0 Å². The van der Waals surface area contributed by atoms with E-state index in [0.717, 1.165) is 4.47 Å². The van der Waals surface area contributed by atoms with Gasteiger partial charge in [-0.2, -0.15) is 8.78 Å². The minimum atomic E-state index is -2.93. The quantitative estimate of drug-likeness (QED) is 0.817. The fraction of sp³-hybridized carbons (Fsp3) is 0.188. The van der Waals surface area contributed by atoms with E-state index in [-0.39, 0.29) is 24.0 Å². The molecule has 0 saturated heterocycles. The van der Waals surface area contributed by atoms with Crippen LogP contribution >= 0.6 is 15.9 Å². The van der Waals surface area contributed by atoms with E-state index in [1.807, 2.05) is 6.07 Å². The van der Waals surface area contributed by atoms with E-state index >= 15 is 0 Å². The van der Waals surface area contributed by atoms with Crippen molar-refractivity contribution in [3.05, 3.63) is 58.1 Å². The molecule has 23 heavy (non-hydrogen) atoms. The van der Waals surface area contributed by atoms with Crippen molar-refractivity contribution in [3.8, 4) is 11.5 Å². The highest BCUT2D eigenvalue weighted by molar-refractivity contribution is 9.10. The number of carbonyl (C=O) groups is 1. The monoisotopic (exact) mass is 385 g/mol. The molecule has 0 fully saturated rings. The zero-order chi connectivity index (χ0) is 16.8. The average molecular weight is 386 g/mol. The van der Waals surface area contributed by atoms with Gasteiger partial charge in [0.2, 0.25) is 0 Å². The second-order valence-corrected chi connectivity index (χ2v) is 5.47. The summed E-state index contributed by atoms with van der Waals surface area (Å²) in [5.41, 5.74) is 1.22. The normalized spacial score (nSPS) is 10.5. The molecule has 4 nitrogen and oxygen atoms in total. The molecule has 7 heteroatoms. The zero-order valence-electron chi connectivity index (χ0n) is 12.2. The van der Waals surface area contributed by atoms with Crippen LogP contribution in [0, 0.1) is 0 Å². The van der Waals surface area contributed by atoms with Gasteiger partial charge in [0, 0.05) is 16.6 Å². The van der Waals surface area contributed by atoms with E-state index < -0.39 is 6.61 Å². The number of benzene rings is 2. The van der Waals surface area contributed by atoms with Crippen LogP contribution in [-0.4, -0.2) is 19.6 Å². The third-order valence-corrected chi connectivity index (χ3v) is 3.48. The van der Waals surface area contributed by atoms with E-state index in [2.05, 4.69) is 26.0 Å². The summed E-state index contributed by atoms with van der Waals surface area (Å²) in [7, 11) is 1.36. The molecule has 0 radical (unpaired) electrons. The van der Waals surface area contributed by atoms with Crippen molar-refractivity contribution in [1.82, 2.24) is 5.32 Å². The van der Waals surface area contributed by atoms with Crippen LogP contribution in [0.4, 0.5) is 8.78 Å². The Bertz CT molecular complexity index is 695. The van der Waals surface area contributed by atoms with Crippen LogP contribution in [0.25, 0.3) is 0 Å². The van der Waals surface area contributed by atoms with Crippen LogP contribution in [0.5, 0.6) is 11.5 Å². The molecule has 2 rings (SSSR count). The van der Waals surface area contributed by atoms with Gasteiger partial charge in [0.15, 0.2) is 11.5 Å². The maximum atomic E-state index is 12.3. The summed E-state index contributed by atoms with van der Waals surface area (Å²) in [6.45, 7) is -2.69. The Morgan fingerprint density at radius 3 is 2.65 bits per heavy atom. The molecule has 0 heterocycles. The highest BCUT2D eigenvalue weighted by Gasteiger charge is 2.12. The number of amides is 1. The lowest BCUT2D eigenvalue weighted by Gasteiger charge is -2.12. The summed E-state index contributed by atoms with van der Waals surface area (Å²) in [5.74, 6) is -0.109. The number of halogens is 3. The van der Waals surface area contributed by atoms with Gasteiger partial charge in [-0.05, 0) is 35.9 Å². The van der Waals surface area contributed by atoms with Crippen molar-refractivity contribution < 1.29 is 23.0 Å². The summed E-state index contributed by atoms with van der Waals surface area (Å²) in [5, 5.41) is 2.75. The molecule has 0 unspecified atom stereocenters. The van der Waals surface area contributed by atoms with Gasteiger partial charge in [0.25, 0.3) is 5.91 Å². The molecule has 122 valence electrons. The summed E-state index contributed by atoms with van der Waals surface area (Å²) >= 11 is 3.30. The second-order valence-electron chi connectivity index (χ2n) is 4.56. The van der Waals surface area contributed by atoms with Gasteiger partial charge < -0.3 is 14.8 Å². The zero-order valence-corrected chi connectivity index (χ0v) is 13.8. The minimum Gasteiger partial charge on any atom is -0.493 e. The molecule has 1 N–H and O–H groups in total. The first-order valence-corrected chi connectivity index (χ1v) is 7.44. The smallest absolute Gasteiger partial charge is 0.387 e. The lowest BCUT2D eigenvalue weighted by Crippen LogP contribution is -2.22. The fourth-order valence-corrected chi connectivity index (χ4v) is 2.33. The molecule has 2 aromatic rings. The van der Waals surface area contributed by atoms with Gasteiger partial charge in [0.05, 0.1) is 7.11 Å². The van der Waals surface area contributed by atoms with Crippen molar-refractivity contribution in [2.24, 2.45) is 0 Å². The highest BCUT2D eigenvalue weighted by atomic mass is 79.9. The number of ether oxygens (including phenoxy) is 2. The maximum Gasteiger partial charge on any atom is 0.387 e. The third-order valence-electron chi connectivity index (χ3n) is 2.98. The molecular formula is C16H14BrF2NO3. The van der Waals surface area contributed by atoms with Gasteiger partial charge in [-0.25, -0.2) is 0 Å². The van der Waals surface area contributed by atoms with Crippen LogP contribution in [0.3, 0.4) is 0 Å². The van der Waals surface area contributed by atoms with Crippen molar-refractivity contribution in [3.63, 3.8) is 0 Å². The Labute approximate surface area is 140 Å². The molecule has 0 aromatic heterocycles. The topological polar surface area (TPSA) is 47.6 Å². The Morgan fingerprint density at radius 2 is 2.00 bits per heavy atom. The number of hydrogen-bond donors (Lipinski definition) is 1. The molecule has 0 aliphatic rings. The second kappa shape index (κ2) is 7.92. The van der Waals surface area contributed by atoms with Crippen molar-refractivity contribution in [2.75, 3.05) is 7.11 Å². The van der Waals surface area contributed by atoms with Crippen molar-refractivity contribution in [1.29, 1.82) is 0 Å². The molecule has 2 aromatic carbocycles. The van der Waals surface area contributed by atoms with E-state index in [1.54, 1.807) is 30.3 Å². The first-order valence-electron chi connectivity index (χ1n) is 6.65. The Morgan fingerprint density at radius 1 is 1.22 bits per heavy atom. The number of alkyl halides is 2. The van der Waals surface area contributed by atoms with Gasteiger partial charge in [-0.1, -0.05) is 28.1 Å². The highest BCUT2D eigenvalue weighted by Crippen LogP contribution is 2.29. The number of methoxy groups -OCH3 is 1. The first kappa shape index (κ1) is 17.2. The molecular weight excluding hydrogens is 372 g/mol. The van der Waals surface area contributed by atoms with Crippen molar-refractivity contribution in [2.45, 2.75) is 13.2 Å². The molecule has 0 saturated carbocycles. The molecule has 0 aliphatic heterocycles. The first-order chi connectivity index (χ1) is 11.0. The lowest BCUT2D eigenvalue weighted by molar-refractivity contribution is -0.0512. The third kappa shape index (κ3) is 4.92. The standard InChI is InChI=1S/C16H14BrF2NO3/c1-22-14-7-10(5-6-13(14)23-16(18)19)9-20-15(21)11-3-2-4-12(17)8-11/h2-8,16H,9H2,1H3,(H,20,21). The maximum absolute atomic E-state index is 12.3. The van der Waals surface area contributed by atoms with Crippen LogP contribution in [-0.2, 0) is 6.54 Å². The molecule has 0 bridgehead atoms. The number of carbonyl (C=O) groups excluding carboxylic acids is 1. The van der Waals surface area contributed by atoms with Gasteiger partial charge in [-0.15, -0.1) is 0 Å². The number of rotatable bonds is 6. The van der Waals surface area contributed by atoms with Gasteiger partial charge in [-0.3, -0.25) is 4.79 Å². The summed E-state index contributed by atoms with van der Waals surface area (Å²) in [6.07, 6.45) is 0. The molecule has 0 aliphatic carbocycles. The number of nitrogens with one attached hydrogen (secondary N) is 1. The molecule has 1 amide bonds. The molecule has 0 atom stereocenters. The Kier molecular flexibility index (Phi) is 5.92. The van der Waals surface area contributed by atoms with E-state index in [9.17, 15) is 13.6 Å². The SMILES string of the molecule is COc1cc(CNC(=O)c2cccc(Br)c2)ccc1OC(F)F. The summed E-state index contributed by atoms with van der Waals surface area (Å²) in [6, 6.07) is 11.5. The van der Waals surface area contributed by atoms with Crippen LogP contribution < -0.4 is 14.8 Å². The van der Waals surface area contributed by atoms with Crippen molar-refractivity contribution >= 4 is 21.8 Å². The van der Waals surface area contributed by atoms with Crippen LogP contribution in [0.15, 0.2) is 46.9 Å². The average Bonchev–Trinajstić information content (AvgIpc) is 2.53. The van der Waals surface area contributed by atoms with Crippen LogP contribution in [0.2, 0.25) is 0 Å². The summed E-state index contributed by atoms with van der Waals surface area (Å²) < 4.78 is 34.7. The molecule has 0 spiro atoms.